The molecular weight excluding hydrogens is 376 g/mol. The molecule has 0 spiro atoms. The third kappa shape index (κ3) is 2.99. The van der Waals surface area contributed by atoms with E-state index >= 15 is 0 Å². The zero-order chi connectivity index (χ0) is 19.1. The molecule has 28 heavy (non-hydrogen) atoms. The van der Waals surface area contributed by atoms with Gasteiger partial charge >= 0.3 is 0 Å². The number of fused-ring (bicyclic) bond motifs is 1. The van der Waals surface area contributed by atoms with Crippen LogP contribution in [0.5, 0.6) is 0 Å². The van der Waals surface area contributed by atoms with Gasteiger partial charge in [0.2, 0.25) is 5.89 Å². The molecular formula is C18H20N8OS. The number of nitrogens with zero attached hydrogens (tertiary/aromatic N) is 8. The summed E-state index contributed by atoms with van der Waals surface area (Å²) < 4.78 is 7.28. The predicted molar refractivity (Wildman–Crippen MR) is 107 cm³/mol. The predicted octanol–water partition coefficient (Wildman–Crippen LogP) is 2.69. The third-order valence-electron chi connectivity index (χ3n) is 5.03. The fourth-order valence-corrected chi connectivity index (χ4v) is 4.08. The van der Waals surface area contributed by atoms with E-state index in [9.17, 15) is 0 Å². The van der Waals surface area contributed by atoms with Crippen molar-refractivity contribution < 1.29 is 4.52 Å². The monoisotopic (exact) mass is 396 g/mol. The second kappa shape index (κ2) is 6.86. The van der Waals surface area contributed by atoms with Crippen molar-refractivity contribution in [2.24, 2.45) is 0 Å². The van der Waals surface area contributed by atoms with Gasteiger partial charge in [-0.05, 0) is 41.6 Å². The van der Waals surface area contributed by atoms with Gasteiger partial charge < -0.3 is 14.3 Å². The molecule has 1 aliphatic rings. The van der Waals surface area contributed by atoms with Crippen LogP contribution in [0, 0.1) is 0 Å². The number of rotatable bonds is 4. The molecule has 1 aliphatic heterocycles. The molecule has 0 bridgehead atoms. The molecule has 5 heterocycles. The number of hydrogen-bond donors (Lipinski definition) is 0. The summed E-state index contributed by atoms with van der Waals surface area (Å²) in [5.74, 6) is 3.35. The molecule has 144 valence electrons. The molecule has 9 nitrogen and oxygen atoms in total. The largest absolute Gasteiger partial charge is 0.355 e. The molecule has 0 amide bonds. The van der Waals surface area contributed by atoms with Gasteiger partial charge in [0.05, 0.1) is 0 Å². The van der Waals surface area contributed by atoms with Crippen LogP contribution in [-0.2, 0) is 0 Å². The van der Waals surface area contributed by atoms with E-state index < -0.39 is 0 Å². The van der Waals surface area contributed by atoms with Crippen LogP contribution in [0.25, 0.3) is 17.0 Å². The summed E-state index contributed by atoms with van der Waals surface area (Å²) in [6.45, 7) is 1.78. The Labute approximate surface area is 165 Å². The molecule has 4 aromatic rings. The highest BCUT2D eigenvalue weighted by Gasteiger charge is 2.26. The zero-order valence-electron chi connectivity index (χ0n) is 15.7. The fourth-order valence-electron chi connectivity index (χ4n) is 3.45. The van der Waals surface area contributed by atoms with Crippen LogP contribution >= 0.6 is 11.3 Å². The van der Waals surface area contributed by atoms with Gasteiger partial charge in [-0.25, -0.2) is 0 Å². The van der Waals surface area contributed by atoms with Crippen molar-refractivity contribution >= 4 is 28.8 Å². The molecule has 0 aromatic carbocycles. The van der Waals surface area contributed by atoms with Crippen molar-refractivity contribution in [2.75, 3.05) is 37.0 Å². The third-order valence-corrected chi connectivity index (χ3v) is 5.71. The molecule has 0 atom stereocenters. The Kier molecular flexibility index (Phi) is 4.19. The standard InChI is InChI=1S/C18H20N8OS/c1-24(2)18-19-17(27-23-18)12-5-8-25(9-6-12)15-4-3-14-20-21-16(26(14)22-15)13-7-10-28-11-13/h3-4,7,10-12H,5-6,8-9H2,1-2H3. The first-order valence-corrected chi connectivity index (χ1v) is 10.1. The van der Waals surface area contributed by atoms with Crippen LogP contribution in [0.3, 0.4) is 0 Å². The molecule has 0 saturated carbocycles. The highest BCUT2D eigenvalue weighted by Crippen LogP contribution is 2.30. The Morgan fingerprint density at radius 2 is 2.00 bits per heavy atom. The van der Waals surface area contributed by atoms with Gasteiger partial charge in [0.25, 0.3) is 5.95 Å². The number of hydrogen-bond acceptors (Lipinski definition) is 9. The van der Waals surface area contributed by atoms with Crippen molar-refractivity contribution in [3.05, 3.63) is 34.8 Å². The summed E-state index contributed by atoms with van der Waals surface area (Å²) in [7, 11) is 3.82. The molecule has 0 unspecified atom stereocenters. The molecule has 0 aliphatic carbocycles. The topological polar surface area (TPSA) is 88.5 Å². The highest BCUT2D eigenvalue weighted by molar-refractivity contribution is 7.08. The number of aromatic nitrogens is 6. The van der Waals surface area contributed by atoms with Gasteiger partial charge in [0.15, 0.2) is 11.5 Å². The maximum absolute atomic E-state index is 5.45. The average molecular weight is 396 g/mol. The van der Waals surface area contributed by atoms with Gasteiger partial charge in [0, 0.05) is 44.0 Å². The minimum atomic E-state index is 0.289. The molecule has 1 saturated heterocycles. The Morgan fingerprint density at radius 3 is 2.71 bits per heavy atom. The Bertz CT molecular complexity index is 1080. The molecule has 0 N–H and O–H groups in total. The minimum absolute atomic E-state index is 0.289. The van der Waals surface area contributed by atoms with Gasteiger partial charge in [-0.2, -0.15) is 20.8 Å². The second-order valence-corrected chi connectivity index (χ2v) is 7.87. The number of piperidine rings is 1. The van der Waals surface area contributed by atoms with E-state index in [1.54, 1.807) is 11.3 Å². The van der Waals surface area contributed by atoms with Crippen LogP contribution in [0.1, 0.15) is 24.7 Å². The summed E-state index contributed by atoms with van der Waals surface area (Å²) in [5.41, 5.74) is 1.79. The fraction of sp³-hybridized carbons (Fsp3) is 0.389. The number of anilines is 2. The quantitative estimate of drug-likeness (QED) is 0.520. The van der Waals surface area contributed by atoms with Crippen molar-refractivity contribution in [3.8, 4) is 11.4 Å². The normalized spacial score (nSPS) is 15.4. The summed E-state index contributed by atoms with van der Waals surface area (Å²) >= 11 is 1.64. The van der Waals surface area contributed by atoms with Crippen LogP contribution in [-0.4, -0.2) is 57.1 Å². The maximum Gasteiger partial charge on any atom is 0.265 e. The summed E-state index contributed by atoms with van der Waals surface area (Å²) in [4.78, 5) is 8.64. The lowest BCUT2D eigenvalue weighted by atomic mass is 9.97. The lowest BCUT2D eigenvalue weighted by Gasteiger charge is -2.31. The Balaban J connectivity index is 1.34. The summed E-state index contributed by atoms with van der Waals surface area (Å²) in [6, 6.07) is 6.02. The molecule has 0 radical (unpaired) electrons. The van der Waals surface area contributed by atoms with E-state index in [1.807, 2.05) is 47.1 Å². The van der Waals surface area contributed by atoms with E-state index in [1.165, 1.54) is 0 Å². The first-order chi connectivity index (χ1) is 13.7. The first-order valence-electron chi connectivity index (χ1n) is 9.20. The zero-order valence-corrected chi connectivity index (χ0v) is 16.5. The summed E-state index contributed by atoms with van der Waals surface area (Å²) in [5, 5.41) is 21.5. The van der Waals surface area contributed by atoms with Crippen molar-refractivity contribution in [3.63, 3.8) is 0 Å². The lowest BCUT2D eigenvalue weighted by Crippen LogP contribution is -2.33. The average Bonchev–Trinajstić information content (AvgIpc) is 3.47. The van der Waals surface area contributed by atoms with Crippen molar-refractivity contribution in [1.82, 2.24) is 30.0 Å². The molecule has 4 aromatic heterocycles. The van der Waals surface area contributed by atoms with Crippen molar-refractivity contribution in [2.45, 2.75) is 18.8 Å². The van der Waals surface area contributed by atoms with Gasteiger partial charge in [0.1, 0.15) is 5.82 Å². The van der Waals surface area contributed by atoms with Crippen molar-refractivity contribution in [1.29, 1.82) is 0 Å². The van der Waals surface area contributed by atoms with E-state index in [-0.39, 0.29) is 5.92 Å². The maximum atomic E-state index is 5.45. The number of thiophene rings is 1. The van der Waals surface area contributed by atoms with E-state index in [2.05, 4.69) is 30.6 Å². The van der Waals surface area contributed by atoms with Crippen LogP contribution < -0.4 is 9.80 Å². The second-order valence-electron chi connectivity index (χ2n) is 7.09. The lowest BCUT2D eigenvalue weighted by molar-refractivity contribution is 0.329. The van der Waals surface area contributed by atoms with Gasteiger partial charge in [-0.3, -0.25) is 0 Å². The SMILES string of the molecule is CN(C)c1noc(C2CCN(c3ccc4nnc(-c5ccsc5)n4n3)CC2)n1. The summed E-state index contributed by atoms with van der Waals surface area (Å²) in [6.07, 6.45) is 1.91. The van der Waals surface area contributed by atoms with Gasteiger partial charge in [-0.1, -0.05) is 0 Å². The molecule has 10 heteroatoms. The first kappa shape index (κ1) is 17.1. The molecule has 1 fully saturated rings. The highest BCUT2D eigenvalue weighted by atomic mass is 32.1. The van der Waals surface area contributed by atoms with Gasteiger partial charge in [-0.15, -0.1) is 15.3 Å². The Hall–Kier alpha value is -3.01. The van der Waals surface area contributed by atoms with E-state index in [0.717, 1.165) is 54.7 Å². The van der Waals surface area contributed by atoms with E-state index in [0.29, 0.717) is 5.95 Å². The van der Waals surface area contributed by atoms with Crippen LogP contribution in [0.2, 0.25) is 0 Å². The van der Waals surface area contributed by atoms with Crippen LogP contribution in [0.4, 0.5) is 11.8 Å². The van der Waals surface area contributed by atoms with Crippen LogP contribution in [0.15, 0.2) is 33.5 Å². The minimum Gasteiger partial charge on any atom is -0.355 e. The Morgan fingerprint density at radius 1 is 1.14 bits per heavy atom. The van der Waals surface area contributed by atoms with E-state index in [4.69, 9.17) is 9.62 Å². The molecule has 5 rings (SSSR count). The smallest absolute Gasteiger partial charge is 0.265 e.